The molecule has 1 unspecified atom stereocenters. The second kappa shape index (κ2) is 6.89. The van der Waals surface area contributed by atoms with E-state index < -0.39 is 0 Å². The van der Waals surface area contributed by atoms with Gasteiger partial charge in [-0.25, -0.2) is 0 Å². The molecule has 0 heterocycles. The van der Waals surface area contributed by atoms with Gasteiger partial charge >= 0.3 is 0 Å². The molecule has 1 aromatic rings. The Labute approximate surface area is 103 Å². The molecule has 0 spiro atoms. The van der Waals surface area contributed by atoms with Gasteiger partial charge in [0.1, 0.15) is 0 Å². The third-order valence-corrected chi connectivity index (χ3v) is 2.61. The number of nitrogens with one attached hydrogen (secondary N) is 1. The summed E-state index contributed by atoms with van der Waals surface area (Å²) in [6.45, 7) is 7.88. The van der Waals surface area contributed by atoms with E-state index >= 15 is 0 Å². The molecule has 1 N–H and O–H groups in total. The summed E-state index contributed by atoms with van der Waals surface area (Å²) in [5.74, 6) is 0. The zero-order valence-corrected chi connectivity index (χ0v) is 10.9. The van der Waals surface area contributed by atoms with Crippen LogP contribution in [0.4, 0.5) is 0 Å². The molecule has 1 atom stereocenters. The van der Waals surface area contributed by atoms with Crippen LogP contribution in [-0.4, -0.2) is 19.2 Å². The van der Waals surface area contributed by atoms with Crippen LogP contribution in [0, 0.1) is 0 Å². The van der Waals surface area contributed by atoms with Gasteiger partial charge in [0.2, 0.25) is 0 Å². The zero-order valence-electron chi connectivity index (χ0n) is 10.2. The monoisotopic (exact) mass is 241 g/mol. The maximum Gasteiger partial charge on any atom is 0.0967 e. The molecule has 1 rings (SSSR count). The Morgan fingerprint density at radius 2 is 2.00 bits per heavy atom. The maximum atomic E-state index is 6.17. The van der Waals surface area contributed by atoms with Crippen LogP contribution in [0.1, 0.15) is 32.4 Å². The van der Waals surface area contributed by atoms with Gasteiger partial charge in [-0.15, -0.1) is 0 Å². The predicted molar refractivity (Wildman–Crippen MR) is 69.0 cm³/mol. The van der Waals surface area contributed by atoms with Crippen molar-refractivity contribution in [1.82, 2.24) is 5.32 Å². The van der Waals surface area contributed by atoms with E-state index in [1.807, 2.05) is 38.1 Å². The fourth-order valence-corrected chi connectivity index (χ4v) is 1.83. The van der Waals surface area contributed by atoms with Gasteiger partial charge in [-0.05, 0) is 26.5 Å². The minimum Gasteiger partial charge on any atom is -0.369 e. The summed E-state index contributed by atoms with van der Waals surface area (Å²) in [7, 11) is 0. The number of rotatable bonds is 6. The van der Waals surface area contributed by atoms with Gasteiger partial charge < -0.3 is 10.1 Å². The fraction of sp³-hybridized carbons (Fsp3) is 0.538. The van der Waals surface area contributed by atoms with Crippen molar-refractivity contribution in [2.24, 2.45) is 0 Å². The summed E-state index contributed by atoms with van der Waals surface area (Å²) < 4.78 is 5.87. The Morgan fingerprint density at radius 3 is 2.56 bits per heavy atom. The van der Waals surface area contributed by atoms with E-state index in [1.54, 1.807) is 0 Å². The summed E-state index contributed by atoms with van der Waals surface area (Å²) in [4.78, 5) is 0. The number of hydrogen-bond acceptors (Lipinski definition) is 2. The van der Waals surface area contributed by atoms with E-state index in [4.69, 9.17) is 16.3 Å². The van der Waals surface area contributed by atoms with Crippen molar-refractivity contribution in [3.05, 3.63) is 34.9 Å². The van der Waals surface area contributed by atoms with Crippen molar-refractivity contribution in [2.75, 3.05) is 13.1 Å². The molecule has 0 aliphatic carbocycles. The van der Waals surface area contributed by atoms with Crippen molar-refractivity contribution in [2.45, 2.75) is 33.0 Å². The average molecular weight is 242 g/mol. The normalized spacial score (nSPS) is 13.1. The first-order valence-electron chi connectivity index (χ1n) is 5.75. The molecular formula is C13H20ClNO. The molecule has 1 aromatic carbocycles. The van der Waals surface area contributed by atoms with Gasteiger partial charge in [0.15, 0.2) is 0 Å². The minimum absolute atomic E-state index is 0.0219. The van der Waals surface area contributed by atoms with E-state index in [-0.39, 0.29) is 12.2 Å². The van der Waals surface area contributed by atoms with Crippen molar-refractivity contribution >= 4 is 11.6 Å². The highest BCUT2D eigenvalue weighted by Gasteiger charge is 2.15. The Balaban J connectivity index is 2.78. The van der Waals surface area contributed by atoms with Gasteiger partial charge in [0, 0.05) is 17.1 Å². The molecule has 2 nitrogen and oxygen atoms in total. The largest absolute Gasteiger partial charge is 0.369 e. The van der Waals surface area contributed by atoms with Crippen LogP contribution in [0.3, 0.4) is 0 Å². The first-order valence-corrected chi connectivity index (χ1v) is 6.13. The molecule has 0 aliphatic heterocycles. The lowest BCUT2D eigenvalue weighted by Crippen LogP contribution is -2.25. The standard InChI is InChI=1S/C13H20ClNO/c1-4-15-9-13(16-10(2)3)11-7-5-6-8-12(11)14/h5-8,10,13,15H,4,9H2,1-3H3. The molecular weight excluding hydrogens is 222 g/mol. The van der Waals surface area contributed by atoms with Crippen molar-refractivity contribution in [3.63, 3.8) is 0 Å². The van der Waals surface area contributed by atoms with Crippen LogP contribution in [0.5, 0.6) is 0 Å². The number of hydrogen-bond donors (Lipinski definition) is 1. The predicted octanol–water partition coefficient (Wildman–Crippen LogP) is 3.42. The Hall–Kier alpha value is -0.570. The number of halogens is 1. The molecule has 3 heteroatoms. The molecule has 0 fully saturated rings. The van der Waals surface area contributed by atoms with Crippen LogP contribution < -0.4 is 5.32 Å². The Morgan fingerprint density at radius 1 is 1.31 bits per heavy atom. The van der Waals surface area contributed by atoms with Gasteiger partial charge in [0.25, 0.3) is 0 Å². The van der Waals surface area contributed by atoms with Crippen molar-refractivity contribution < 1.29 is 4.74 Å². The SMILES string of the molecule is CCNCC(OC(C)C)c1ccccc1Cl. The average Bonchev–Trinajstić information content (AvgIpc) is 2.24. The van der Waals surface area contributed by atoms with Crippen LogP contribution >= 0.6 is 11.6 Å². The van der Waals surface area contributed by atoms with E-state index in [0.29, 0.717) is 0 Å². The maximum absolute atomic E-state index is 6.17. The number of benzene rings is 1. The summed E-state index contributed by atoms with van der Waals surface area (Å²) >= 11 is 6.17. The van der Waals surface area contributed by atoms with Crippen molar-refractivity contribution in [3.8, 4) is 0 Å². The topological polar surface area (TPSA) is 21.3 Å². The lowest BCUT2D eigenvalue weighted by Gasteiger charge is -2.22. The highest BCUT2D eigenvalue weighted by Crippen LogP contribution is 2.25. The summed E-state index contributed by atoms with van der Waals surface area (Å²) in [6, 6.07) is 7.85. The molecule has 0 amide bonds. The second-order valence-electron chi connectivity index (χ2n) is 4.00. The third-order valence-electron chi connectivity index (χ3n) is 2.27. The molecule has 16 heavy (non-hydrogen) atoms. The Bertz CT molecular complexity index is 315. The third kappa shape index (κ3) is 4.12. The second-order valence-corrected chi connectivity index (χ2v) is 4.41. The van der Waals surface area contributed by atoms with Gasteiger partial charge in [0.05, 0.1) is 12.2 Å². The van der Waals surface area contributed by atoms with Crippen LogP contribution in [0.25, 0.3) is 0 Å². The molecule has 0 saturated heterocycles. The van der Waals surface area contributed by atoms with Gasteiger partial charge in [-0.1, -0.05) is 36.7 Å². The van der Waals surface area contributed by atoms with Gasteiger partial charge in [-0.2, -0.15) is 0 Å². The summed E-state index contributed by atoms with van der Waals surface area (Å²) in [6.07, 6.45) is 0.216. The van der Waals surface area contributed by atoms with E-state index in [0.717, 1.165) is 23.7 Å². The first-order chi connectivity index (χ1) is 7.65. The van der Waals surface area contributed by atoms with Crippen molar-refractivity contribution in [1.29, 1.82) is 0 Å². The highest BCUT2D eigenvalue weighted by atomic mass is 35.5. The number of likely N-dealkylation sites (N-methyl/N-ethyl adjacent to an activating group) is 1. The molecule has 0 aromatic heterocycles. The Kier molecular flexibility index (Phi) is 5.81. The van der Waals surface area contributed by atoms with E-state index in [1.165, 1.54) is 0 Å². The quantitative estimate of drug-likeness (QED) is 0.824. The minimum atomic E-state index is 0.0219. The zero-order chi connectivity index (χ0) is 12.0. The first kappa shape index (κ1) is 13.5. The van der Waals surface area contributed by atoms with Crippen LogP contribution in [-0.2, 0) is 4.74 Å². The fourth-order valence-electron chi connectivity index (χ4n) is 1.57. The van der Waals surface area contributed by atoms with Crippen LogP contribution in [0.2, 0.25) is 5.02 Å². The lowest BCUT2D eigenvalue weighted by atomic mass is 10.1. The van der Waals surface area contributed by atoms with E-state index in [2.05, 4.69) is 12.2 Å². The lowest BCUT2D eigenvalue weighted by molar-refractivity contribution is 0.00747. The molecule has 0 bridgehead atoms. The molecule has 90 valence electrons. The summed E-state index contributed by atoms with van der Waals surface area (Å²) in [5.41, 5.74) is 1.05. The summed E-state index contributed by atoms with van der Waals surface area (Å²) in [5, 5.41) is 4.07. The molecule has 0 saturated carbocycles. The molecule has 0 aliphatic rings. The smallest absolute Gasteiger partial charge is 0.0967 e. The highest BCUT2D eigenvalue weighted by molar-refractivity contribution is 6.31. The van der Waals surface area contributed by atoms with Gasteiger partial charge in [-0.3, -0.25) is 0 Å². The van der Waals surface area contributed by atoms with Crippen LogP contribution in [0.15, 0.2) is 24.3 Å². The molecule has 0 radical (unpaired) electrons. The van der Waals surface area contributed by atoms with E-state index in [9.17, 15) is 0 Å². The number of ether oxygens (including phenoxy) is 1.